The molecule has 15 heteroatoms. The predicted molar refractivity (Wildman–Crippen MR) is 132 cm³/mol. The lowest BCUT2D eigenvalue weighted by atomic mass is 10.0. The highest BCUT2D eigenvalue weighted by Crippen LogP contribution is 2.35. The molecule has 3 aliphatic heterocycles. The second-order valence-corrected chi connectivity index (χ2v) is 12.7. The van der Waals surface area contributed by atoms with Crippen LogP contribution in [0, 0.1) is 0 Å². The SMILES string of the molecule is C[C@H]1CN(c2cc(S(=O)(=O)NC3(C)COC3)cn3c(-c4nnc(C(F)F)s4)ncc23)C[C@@H]2COCCN21. The fourth-order valence-corrected chi connectivity index (χ4v) is 7.32. The van der Waals surface area contributed by atoms with E-state index in [1.807, 2.05) is 0 Å². The van der Waals surface area contributed by atoms with Crippen LogP contribution in [0.2, 0.25) is 0 Å². The van der Waals surface area contributed by atoms with Crippen molar-refractivity contribution >= 4 is 32.6 Å². The van der Waals surface area contributed by atoms with Crippen molar-refractivity contribution in [1.29, 1.82) is 0 Å². The van der Waals surface area contributed by atoms with Crippen molar-refractivity contribution in [3.05, 3.63) is 23.5 Å². The van der Waals surface area contributed by atoms with Crippen molar-refractivity contribution in [1.82, 2.24) is 29.2 Å². The molecule has 3 fully saturated rings. The minimum absolute atomic E-state index is 0.0379. The lowest BCUT2D eigenvalue weighted by molar-refractivity contribution is -0.0523. The molecule has 3 aliphatic rings. The maximum absolute atomic E-state index is 13.5. The molecule has 6 rings (SSSR count). The van der Waals surface area contributed by atoms with E-state index in [-0.39, 0.29) is 41.0 Å². The van der Waals surface area contributed by atoms with Crippen molar-refractivity contribution in [2.45, 2.75) is 42.8 Å². The van der Waals surface area contributed by atoms with Gasteiger partial charge in [-0.2, -0.15) is 0 Å². The molecule has 0 aliphatic carbocycles. The molecule has 200 valence electrons. The third-order valence-corrected chi connectivity index (χ3v) is 9.57. The largest absolute Gasteiger partial charge is 0.378 e. The van der Waals surface area contributed by atoms with E-state index in [1.54, 1.807) is 23.6 Å². The van der Waals surface area contributed by atoms with E-state index in [0.717, 1.165) is 17.9 Å². The van der Waals surface area contributed by atoms with Crippen molar-refractivity contribution in [3.63, 3.8) is 0 Å². The van der Waals surface area contributed by atoms with Gasteiger partial charge in [0.2, 0.25) is 10.0 Å². The van der Waals surface area contributed by atoms with Crippen molar-refractivity contribution < 1.29 is 26.7 Å². The number of rotatable bonds is 6. The molecule has 3 aromatic heterocycles. The van der Waals surface area contributed by atoms with E-state index < -0.39 is 27.0 Å². The number of morpholine rings is 1. The zero-order chi connectivity index (χ0) is 25.9. The number of sulfonamides is 1. The molecule has 0 radical (unpaired) electrons. The topological polar surface area (TPSA) is 114 Å². The summed E-state index contributed by atoms with van der Waals surface area (Å²) in [7, 11) is -3.95. The van der Waals surface area contributed by atoms with Crippen LogP contribution in [0.15, 0.2) is 23.4 Å². The summed E-state index contributed by atoms with van der Waals surface area (Å²) < 4.78 is 68.7. The maximum Gasteiger partial charge on any atom is 0.291 e. The first kappa shape index (κ1) is 25.0. The Morgan fingerprint density at radius 2 is 2.05 bits per heavy atom. The molecule has 0 spiro atoms. The molecule has 0 amide bonds. The molecular weight excluding hydrogens is 528 g/mol. The van der Waals surface area contributed by atoms with E-state index in [1.165, 1.54) is 6.20 Å². The number of anilines is 1. The average Bonchev–Trinajstić information content (AvgIpc) is 3.49. The Bertz CT molecular complexity index is 1430. The van der Waals surface area contributed by atoms with Crippen LogP contribution in [-0.2, 0) is 19.5 Å². The Labute approximate surface area is 216 Å². The van der Waals surface area contributed by atoms with E-state index in [2.05, 4.69) is 36.6 Å². The average molecular weight is 556 g/mol. The number of nitrogens with one attached hydrogen (secondary N) is 1. The van der Waals surface area contributed by atoms with Crippen LogP contribution in [-0.4, -0.2) is 96.6 Å². The first-order chi connectivity index (χ1) is 17.6. The van der Waals surface area contributed by atoms with Crippen molar-refractivity contribution in [2.75, 3.05) is 51.0 Å². The first-order valence-electron chi connectivity index (χ1n) is 12.0. The zero-order valence-corrected chi connectivity index (χ0v) is 21.9. The minimum atomic E-state index is -3.95. The number of nitrogens with zero attached hydrogens (tertiary/aromatic N) is 6. The lowest BCUT2D eigenvalue weighted by Gasteiger charge is -2.48. The fraction of sp³-hybridized carbons (Fsp3) is 0.591. The Morgan fingerprint density at radius 3 is 2.76 bits per heavy atom. The standard InChI is InChI=1S/C22H27F2N7O4S2/c1-13-7-29(8-14-10-34-4-3-30(13)14)16-5-15(37(32,33)28-22(2)11-35-12-22)9-31-17(16)6-25-19(31)21-27-26-20(36-21)18(23)24/h5-6,9,13-14,18,28H,3-4,7-8,10-12H2,1-2H3/t13-,14+/m0/s1. The number of aromatic nitrogens is 4. The number of piperazine rings is 1. The third-order valence-electron chi connectivity index (χ3n) is 7.04. The summed E-state index contributed by atoms with van der Waals surface area (Å²) in [4.78, 5) is 9.06. The second-order valence-electron chi connectivity index (χ2n) is 10.0. The molecule has 37 heavy (non-hydrogen) atoms. The second kappa shape index (κ2) is 9.17. The first-order valence-corrected chi connectivity index (χ1v) is 14.3. The lowest BCUT2D eigenvalue weighted by Crippen LogP contribution is -2.62. The molecule has 0 saturated carbocycles. The van der Waals surface area contributed by atoms with Crippen molar-refractivity contribution in [2.24, 2.45) is 0 Å². The van der Waals surface area contributed by atoms with Gasteiger partial charge in [-0.3, -0.25) is 9.30 Å². The molecule has 0 unspecified atom stereocenters. The van der Waals surface area contributed by atoms with Gasteiger partial charge in [-0.05, 0) is 19.9 Å². The van der Waals surface area contributed by atoms with Crippen molar-refractivity contribution in [3.8, 4) is 10.8 Å². The smallest absolute Gasteiger partial charge is 0.291 e. The van der Waals surface area contributed by atoms with Crippen LogP contribution < -0.4 is 9.62 Å². The number of ether oxygens (including phenoxy) is 2. The number of fused-ring (bicyclic) bond motifs is 2. The number of imidazole rings is 1. The van der Waals surface area contributed by atoms with E-state index >= 15 is 0 Å². The Hall–Kier alpha value is -2.30. The van der Waals surface area contributed by atoms with Crippen LogP contribution in [0.25, 0.3) is 16.3 Å². The number of halogens is 2. The summed E-state index contributed by atoms with van der Waals surface area (Å²) in [5, 5.41) is 7.24. The van der Waals surface area contributed by atoms with Gasteiger partial charge in [0.1, 0.15) is 4.90 Å². The van der Waals surface area contributed by atoms with Gasteiger partial charge in [-0.25, -0.2) is 26.9 Å². The number of alkyl halides is 2. The van der Waals surface area contributed by atoms with E-state index in [9.17, 15) is 17.2 Å². The van der Waals surface area contributed by atoms with E-state index in [0.29, 0.717) is 37.5 Å². The normalized spacial score (nSPS) is 24.4. The van der Waals surface area contributed by atoms with Gasteiger partial charge in [-0.1, -0.05) is 11.3 Å². The van der Waals surface area contributed by atoms with Crippen LogP contribution in [0.3, 0.4) is 0 Å². The summed E-state index contributed by atoms with van der Waals surface area (Å²) >= 11 is 0.732. The highest BCUT2D eigenvalue weighted by Gasteiger charge is 2.39. The molecule has 11 nitrogen and oxygen atoms in total. The summed E-state index contributed by atoms with van der Waals surface area (Å²) in [6.07, 6.45) is 0.321. The number of pyridine rings is 1. The molecule has 1 N–H and O–H groups in total. The van der Waals surface area contributed by atoms with Gasteiger partial charge < -0.3 is 14.4 Å². The summed E-state index contributed by atoms with van der Waals surface area (Å²) in [6.45, 7) is 7.97. The quantitative estimate of drug-likeness (QED) is 0.486. The molecule has 0 aromatic carbocycles. The predicted octanol–water partition coefficient (Wildman–Crippen LogP) is 1.77. The summed E-state index contributed by atoms with van der Waals surface area (Å²) in [5.41, 5.74) is 0.641. The van der Waals surface area contributed by atoms with Crippen LogP contribution in [0.1, 0.15) is 25.3 Å². The third kappa shape index (κ3) is 4.51. The molecule has 2 atom stereocenters. The Morgan fingerprint density at radius 1 is 1.24 bits per heavy atom. The highest BCUT2D eigenvalue weighted by atomic mass is 32.2. The number of hydrogen-bond donors (Lipinski definition) is 1. The molecule has 3 saturated heterocycles. The molecule has 3 aromatic rings. The van der Waals surface area contributed by atoms with Crippen LogP contribution in [0.4, 0.5) is 14.5 Å². The maximum atomic E-state index is 13.5. The Kier molecular flexibility index (Phi) is 6.19. The van der Waals surface area contributed by atoms with E-state index in [4.69, 9.17) is 9.47 Å². The van der Waals surface area contributed by atoms with Gasteiger partial charge in [0, 0.05) is 31.9 Å². The van der Waals surface area contributed by atoms with Crippen LogP contribution >= 0.6 is 11.3 Å². The van der Waals surface area contributed by atoms with Gasteiger partial charge >= 0.3 is 0 Å². The van der Waals surface area contributed by atoms with Gasteiger partial charge in [0.15, 0.2) is 15.8 Å². The number of hydrogen-bond acceptors (Lipinski definition) is 10. The monoisotopic (exact) mass is 555 g/mol. The van der Waals surface area contributed by atoms with Gasteiger partial charge in [-0.15, -0.1) is 10.2 Å². The molecule has 6 heterocycles. The molecule has 0 bridgehead atoms. The van der Waals surface area contributed by atoms with Gasteiger partial charge in [0.05, 0.1) is 55.4 Å². The fourth-order valence-electron chi connectivity index (χ4n) is 5.23. The zero-order valence-electron chi connectivity index (χ0n) is 20.3. The highest BCUT2D eigenvalue weighted by molar-refractivity contribution is 7.89. The van der Waals surface area contributed by atoms with Crippen LogP contribution in [0.5, 0.6) is 0 Å². The Balaban J connectivity index is 1.46. The molecular formula is C22H27F2N7O4S2. The summed E-state index contributed by atoms with van der Waals surface area (Å²) in [6, 6.07) is 2.05. The minimum Gasteiger partial charge on any atom is -0.378 e. The summed E-state index contributed by atoms with van der Waals surface area (Å²) in [5.74, 6) is 0.253. The van der Waals surface area contributed by atoms with Gasteiger partial charge in [0.25, 0.3) is 6.43 Å².